The van der Waals surface area contributed by atoms with Gasteiger partial charge in [-0.1, -0.05) is 60.2 Å². The van der Waals surface area contributed by atoms with E-state index in [1.54, 1.807) is 36.4 Å². The van der Waals surface area contributed by atoms with Gasteiger partial charge < -0.3 is 4.90 Å². The van der Waals surface area contributed by atoms with E-state index in [1.165, 1.54) is 21.3 Å². The molecular weight excluding hydrogens is 403 g/mol. The molecule has 154 valence electrons. The first-order valence-corrected chi connectivity index (χ1v) is 11.0. The van der Waals surface area contributed by atoms with E-state index < -0.39 is 21.7 Å². The van der Waals surface area contributed by atoms with Gasteiger partial charge in [-0.2, -0.15) is 4.31 Å². The highest BCUT2D eigenvalue weighted by molar-refractivity contribution is 7.89. The lowest BCUT2D eigenvalue weighted by molar-refractivity contribution is -0.119. The molecule has 7 heteroatoms. The number of rotatable bonds is 4. The Morgan fingerprint density at radius 3 is 2.43 bits per heavy atom. The van der Waals surface area contributed by atoms with Gasteiger partial charge in [-0.3, -0.25) is 4.79 Å². The number of aryl methyl sites for hydroxylation is 1. The molecule has 1 aliphatic rings. The fourth-order valence-electron chi connectivity index (χ4n) is 3.62. The molecule has 0 N–H and O–H groups in total. The molecule has 0 atom stereocenters. The van der Waals surface area contributed by atoms with Crippen LogP contribution in [-0.2, 0) is 27.9 Å². The molecule has 0 radical (unpaired) electrons. The first-order valence-electron chi connectivity index (χ1n) is 9.55. The lowest BCUT2D eigenvalue weighted by atomic mass is 10.1. The summed E-state index contributed by atoms with van der Waals surface area (Å²) in [5.41, 5.74) is 2.39. The summed E-state index contributed by atoms with van der Waals surface area (Å²) in [6.07, 6.45) is 0. The molecule has 1 aliphatic heterocycles. The molecule has 0 spiro atoms. The van der Waals surface area contributed by atoms with Gasteiger partial charge in [0.25, 0.3) is 0 Å². The zero-order valence-corrected chi connectivity index (χ0v) is 17.3. The molecule has 0 saturated carbocycles. The van der Waals surface area contributed by atoms with Crippen molar-refractivity contribution in [2.75, 3.05) is 11.4 Å². The molecule has 0 bridgehead atoms. The standard InChI is InChI=1S/C23H21FN2O3S/c1-17-7-6-8-18(13-17)14-25-16-23(27)26(15-19-9-2-3-10-20(19)24)21-11-4-5-12-22(21)30(25,28)29/h2-13H,14-16H2,1H3. The second-order valence-corrected chi connectivity index (χ2v) is 9.21. The Morgan fingerprint density at radius 1 is 0.933 bits per heavy atom. The van der Waals surface area contributed by atoms with Gasteiger partial charge >= 0.3 is 0 Å². The van der Waals surface area contributed by atoms with Gasteiger partial charge in [0.05, 0.1) is 18.8 Å². The molecule has 0 saturated heterocycles. The van der Waals surface area contributed by atoms with Crippen molar-refractivity contribution in [3.05, 3.63) is 95.3 Å². The van der Waals surface area contributed by atoms with Crippen LogP contribution in [0, 0.1) is 12.7 Å². The molecule has 5 nitrogen and oxygen atoms in total. The lowest BCUT2D eigenvalue weighted by Crippen LogP contribution is -2.39. The summed E-state index contributed by atoms with van der Waals surface area (Å²) in [6, 6.07) is 20.1. The fraction of sp³-hybridized carbons (Fsp3) is 0.174. The molecule has 3 aromatic rings. The third kappa shape index (κ3) is 3.86. The lowest BCUT2D eigenvalue weighted by Gasteiger charge is -2.22. The second-order valence-electron chi connectivity index (χ2n) is 7.30. The van der Waals surface area contributed by atoms with Crippen molar-refractivity contribution in [1.82, 2.24) is 4.31 Å². The number of para-hydroxylation sites is 1. The summed E-state index contributed by atoms with van der Waals surface area (Å²) in [4.78, 5) is 14.5. The Hall–Kier alpha value is -3.03. The Bertz CT molecular complexity index is 1210. The maximum absolute atomic E-state index is 14.2. The van der Waals surface area contributed by atoms with Crippen LogP contribution < -0.4 is 4.90 Å². The number of nitrogens with zero attached hydrogens (tertiary/aromatic N) is 2. The van der Waals surface area contributed by atoms with Gasteiger partial charge in [-0.05, 0) is 30.7 Å². The quantitative estimate of drug-likeness (QED) is 0.639. The number of hydrogen-bond acceptors (Lipinski definition) is 3. The highest BCUT2D eigenvalue weighted by Gasteiger charge is 2.36. The molecule has 0 fully saturated rings. The minimum atomic E-state index is -3.92. The molecule has 30 heavy (non-hydrogen) atoms. The molecule has 0 aromatic heterocycles. The van der Waals surface area contributed by atoms with E-state index in [0.29, 0.717) is 5.56 Å². The summed E-state index contributed by atoms with van der Waals surface area (Å²) in [6.45, 7) is 1.64. The Balaban J connectivity index is 1.76. The monoisotopic (exact) mass is 424 g/mol. The van der Waals surface area contributed by atoms with Crippen molar-refractivity contribution in [2.45, 2.75) is 24.9 Å². The van der Waals surface area contributed by atoms with Crippen LogP contribution in [0.5, 0.6) is 0 Å². The summed E-state index contributed by atoms with van der Waals surface area (Å²) in [5.74, 6) is -0.842. The van der Waals surface area contributed by atoms with Crippen LogP contribution in [0.15, 0.2) is 77.7 Å². The van der Waals surface area contributed by atoms with Crippen molar-refractivity contribution < 1.29 is 17.6 Å². The van der Waals surface area contributed by atoms with E-state index in [2.05, 4.69) is 0 Å². The van der Waals surface area contributed by atoms with Crippen molar-refractivity contribution in [2.24, 2.45) is 0 Å². The van der Waals surface area contributed by atoms with Crippen molar-refractivity contribution in [1.29, 1.82) is 0 Å². The van der Waals surface area contributed by atoms with Gasteiger partial charge in [0.1, 0.15) is 10.7 Å². The van der Waals surface area contributed by atoms with Gasteiger partial charge in [0.15, 0.2) is 0 Å². The van der Waals surface area contributed by atoms with Crippen LogP contribution in [-0.4, -0.2) is 25.2 Å². The molecular formula is C23H21FN2O3S. The topological polar surface area (TPSA) is 57.7 Å². The molecule has 3 aromatic carbocycles. The maximum atomic E-state index is 14.2. The van der Waals surface area contributed by atoms with E-state index in [0.717, 1.165) is 11.1 Å². The summed E-state index contributed by atoms with van der Waals surface area (Å²) in [7, 11) is -3.92. The van der Waals surface area contributed by atoms with Crippen LogP contribution >= 0.6 is 0 Å². The van der Waals surface area contributed by atoms with Crippen molar-refractivity contribution in [3.63, 3.8) is 0 Å². The number of benzene rings is 3. The van der Waals surface area contributed by atoms with Crippen molar-refractivity contribution >= 4 is 21.6 Å². The number of halogens is 1. The van der Waals surface area contributed by atoms with Gasteiger partial charge in [-0.25, -0.2) is 12.8 Å². The Kier molecular flexibility index (Phi) is 5.40. The average Bonchev–Trinajstić information content (AvgIpc) is 2.79. The minimum Gasteiger partial charge on any atom is -0.305 e. The number of anilines is 1. The van der Waals surface area contributed by atoms with E-state index in [4.69, 9.17) is 0 Å². The maximum Gasteiger partial charge on any atom is 0.245 e. The van der Waals surface area contributed by atoms with Crippen LogP contribution in [0.25, 0.3) is 0 Å². The minimum absolute atomic E-state index is 0.0415. The van der Waals surface area contributed by atoms with Gasteiger partial charge in [-0.15, -0.1) is 0 Å². The molecule has 0 aliphatic carbocycles. The van der Waals surface area contributed by atoms with Crippen molar-refractivity contribution in [3.8, 4) is 0 Å². The Morgan fingerprint density at radius 2 is 1.67 bits per heavy atom. The number of hydrogen-bond donors (Lipinski definition) is 0. The number of amides is 1. The molecule has 1 amide bonds. The predicted octanol–water partition coefficient (Wildman–Crippen LogP) is 3.87. The fourth-order valence-corrected chi connectivity index (χ4v) is 5.19. The van der Waals surface area contributed by atoms with E-state index >= 15 is 0 Å². The normalized spacial score (nSPS) is 16.2. The highest BCUT2D eigenvalue weighted by Crippen LogP contribution is 2.33. The predicted molar refractivity (Wildman–Crippen MR) is 113 cm³/mol. The van der Waals surface area contributed by atoms with E-state index in [1.807, 2.05) is 31.2 Å². The zero-order chi connectivity index (χ0) is 21.3. The SMILES string of the molecule is Cc1cccc(CN2CC(=O)N(Cc3ccccc3F)c3ccccc3S2(=O)=O)c1. The van der Waals surface area contributed by atoms with Gasteiger partial charge in [0, 0.05) is 12.1 Å². The van der Waals surface area contributed by atoms with Crippen LogP contribution in [0.4, 0.5) is 10.1 Å². The Labute approximate surface area is 175 Å². The first-order chi connectivity index (χ1) is 14.4. The number of sulfonamides is 1. The molecule has 1 heterocycles. The largest absolute Gasteiger partial charge is 0.305 e. The van der Waals surface area contributed by atoms with E-state index in [9.17, 15) is 17.6 Å². The number of carbonyl (C=O) groups excluding carboxylic acids is 1. The number of carbonyl (C=O) groups is 1. The highest BCUT2D eigenvalue weighted by atomic mass is 32.2. The van der Waals surface area contributed by atoms with Crippen LogP contribution in [0.1, 0.15) is 16.7 Å². The van der Waals surface area contributed by atoms with Gasteiger partial charge in [0.2, 0.25) is 15.9 Å². The molecule has 4 rings (SSSR count). The van der Waals surface area contributed by atoms with Crippen LogP contribution in [0.3, 0.4) is 0 Å². The first kappa shape index (κ1) is 20.3. The summed E-state index contributed by atoms with van der Waals surface area (Å²) >= 11 is 0. The smallest absolute Gasteiger partial charge is 0.245 e. The van der Waals surface area contributed by atoms with Crippen LogP contribution in [0.2, 0.25) is 0 Å². The molecule has 0 unspecified atom stereocenters. The second kappa shape index (κ2) is 8.01. The van der Waals surface area contributed by atoms with E-state index in [-0.39, 0.29) is 30.2 Å². The number of fused-ring (bicyclic) bond motifs is 1. The third-order valence-corrected chi connectivity index (χ3v) is 6.95. The average molecular weight is 424 g/mol. The third-order valence-electron chi connectivity index (χ3n) is 5.11. The summed E-state index contributed by atoms with van der Waals surface area (Å²) in [5, 5.41) is 0. The zero-order valence-electron chi connectivity index (χ0n) is 16.5. The summed E-state index contributed by atoms with van der Waals surface area (Å²) < 4.78 is 42.2.